The largest absolute Gasteiger partial charge is 0.369 e. The van der Waals surface area contributed by atoms with Crippen molar-refractivity contribution in [2.45, 2.75) is 6.23 Å². The van der Waals surface area contributed by atoms with Gasteiger partial charge in [0.15, 0.2) is 6.23 Å². The van der Waals surface area contributed by atoms with E-state index in [-0.39, 0.29) is 5.91 Å². The molecule has 0 spiro atoms. The van der Waals surface area contributed by atoms with E-state index >= 15 is 0 Å². The zero-order valence-corrected chi connectivity index (χ0v) is 6.69. The number of aliphatic hydroxyl groups is 1. The minimum Gasteiger partial charge on any atom is -0.369 e. The van der Waals surface area contributed by atoms with Crippen molar-refractivity contribution < 1.29 is 9.90 Å². The Balaban J connectivity index is 2.59. The first-order valence-corrected chi connectivity index (χ1v) is 3.76. The van der Waals surface area contributed by atoms with E-state index < -0.39 is 6.23 Å². The number of hydrogen-bond acceptors (Lipinski definition) is 2. The van der Waals surface area contributed by atoms with Crippen LogP contribution in [0.5, 0.6) is 0 Å². The zero-order chi connectivity index (χ0) is 8.72. The number of rotatable bonds is 0. The standard InChI is InChI=1S/C9H9NO2/c1-10-8(11)6-4-2-3-5-7(6)9(10)12/h2-5,8,11H,1H3/t8-/m1/s1. The monoisotopic (exact) mass is 163 g/mol. The normalized spacial score (nSPS) is 21.3. The van der Waals surface area contributed by atoms with Crippen molar-refractivity contribution in [3.05, 3.63) is 35.4 Å². The van der Waals surface area contributed by atoms with Crippen LogP contribution in [0.15, 0.2) is 24.3 Å². The van der Waals surface area contributed by atoms with Crippen LogP contribution in [0.4, 0.5) is 0 Å². The molecule has 0 unspecified atom stereocenters. The Kier molecular flexibility index (Phi) is 1.41. The predicted molar refractivity (Wildman–Crippen MR) is 43.5 cm³/mol. The van der Waals surface area contributed by atoms with Crippen LogP contribution in [-0.4, -0.2) is 23.0 Å². The minimum absolute atomic E-state index is 0.113. The second-order valence-corrected chi connectivity index (χ2v) is 2.88. The molecule has 1 heterocycles. The third-order valence-electron chi connectivity index (χ3n) is 2.16. The van der Waals surface area contributed by atoms with Crippen molar-refractivity contribution in [3.63, 3.8) is 0 Å². The molecule has 0 fully saturated rings. The number of carbonyl (C=O) groups excluding carboxylic acids is 1. The highest BCUT2D eigenvalue weighted by molar-refractivity contribution is 5.98. The summed E-state index contributed by atoms with van der Waals surface area (Å²) in [6.07, 6.45) is -0.770. The van der Waals surface area contributed by atoms with Gasteiger partial charge in [-0.15, -0.1) is 0 Å². The summed E-state index contributed by atoms with van der Waals surface area (Å²) in [5, 5.41) is 9.53. The molecule has 1 aromatic carbocycles. The van der Waals surface area contributed by atoms with Crippen molar-refractivity contribution in [2.75, 3.05) is 7.05 Å². The van der Waals surface area contributed by atoms with E-state index in [2.05, 4.69) is 0 Å². The van der Waals surface area contributed by atoms with Gasteiger partial charge >= 0.3 is 0 Å². The molecule has 3 heteroatoms. The average molecular weight is 163 g/mol. The van der Waals surface area contributed by atoms with Crippen molar-refractivity contribution in [1.29, 1.82) is 0 Å². The van der Waals surface area contributed by atoms with Gasteiger partial charge in [0.25, 0.3) is 5.91 Å². The quantitative estimate of drug-likeness (QED) is 0.613. The molecule has 1 amide bonds. The molecule has 12 heavy (non-hydrogen) atoms. The molecule has 0 radical (unpaired) electrons. The topological polar surface area (TPSA) is 40.5 Å². The van der Waals surface area contributed by atoms with Crippen LogP contribution in [0, 0.1) is 0 Å². The summed E-state index contributed by atoms with van der Waals surface area (Å²) < 4.78 is 0. The van der Waals surface area contributed by atoms with Gasteiger partial charge in [-0.2, -0.15) is 0 Å². The molecule has 2 rings (SSSR count). The van der Waals surface area contributed by atoms with Gasteiger partial charge in [0.2, 0.25) is 0 Å². The van der Waals surface area contributed by atoms with Crippen LogP contribution in [0.3, 0.4) is 0 Å². The minimum atomic E-state index is -0.770. The smallest absolute Gasteiger partial charge is 0.256 e. The third-order valence-corrected chi connectivity index (χ3v) is 2.16. The van der Waals surface area contributed by atoms with Gasteiger partial charge in [0, 0.05) is 18.2 Å². The molecule has 0 bridgehead atoms. The Morgan fingerprint density at radius 1 is 1.42 bits per heavy atom. The molecule has 1 aromatic rings. The molecule has 1 N–H and O–H groups in total. The zero-order valence-electron chi connectivity index (χ0n) is 6.69. The van der Waals surface area contributed by atoms with Gasteiger partial charge in [-0.1, -0.05) is 18.2 Å². The van der Waals surface area contributed by atoms with E-state index in [1.165, 1.54) is 4.90 Å². The van der Waals surface area contributed by atoms with E-state index in [1.54, 1.807) is 25.2 Å². The molecule has 0 saturated carbocycles. The van der Waals surface area contributed by atoms with Crippen LogP contribution in [-0.2, 0) is 0 Å². The fraction of sp³-hybridized carbons (Fsp3) is 0.222. The number of fused-ring (bicyclic) bond motifs is 1. The lowest BCUT2D eigenvalue weighted by Crippen LogP contribution is -2.22. The highest BCUT2D eigenvalue weighted by Gasteiger charge is 2.31. The third kappa shape index (κ3) is 0.769. The van der Waals surface area contributed by atoms with Crippen molar-refractivity contribution in [3.8, 4) is 0 Å². The van der Waals surface area contributed by atoms with Gasteiger partial charge in [-0.05, 0) is 6.07 Å². The number of hydrogen-bond donors (Lipinski definition) is 1. The Bertz CT molecular complexity index is 335. The average Bonchev–Trinajstić information content (AvgIpc) is 2.33. The molecular weight excluding hydrogens is 154 g/mol. The lowest BCUT2D eigenvalue weighted by atomic mass is 10.1. The van der Waals surface area contributed by atoms with Gasteiger partial charge in [-0.25, -0.2) is 0 Å². The fourth-order valence-corrected chi connectivity index (χ4v) is 1.43. The highest BCUT2D eigenvalue weighted by Crippen LogP contribution is 2.29. The number of carbonyl (C=O) groups is 1. The number of amides is 1. The molecule has 0 aromatic heterocycles. The molecule has 1 aliphatic rings. The first kappa shape index (κ1) is 7.31. The van der Waals surface area contributed by atoms with E-state index in [1.807, 2.05) is 6.07 Å². The summed E-state index contributed by atoms with van der Waals surface area (Å²) in [7, 11) is 1.59. The second-order valence-electron chi connectivity index (χ2n) is 2.88. The maximum Gasteiger partial charge on any atom is 0.256 e. The van der Waals surface area contributed by atoms with E-state index in [4.69, 9.17) is 0 Å². The summed E-state index contributed by atoms with van der Waals surface area (Å²) in [5.74, 6) is -0.113. The Morgan fingerprint density at radius 2 is 2.08 bits per heavy atom. The molecule has 0 aliphatic carbocycles. The predicted octanol–water partition coefficient (Wildman–Crippen LogP) is 0.763. The number of benzene rings is 1. The first-order chi connectivity index (χ1) is 5.72. The Labute approximate surface area is 70.2 Å². The van der Waals surface area contributed by atoms with Gasteiger partial charge in [-0.3, -0.25) is 4.79 Å². The van der Waals surface area contributed by atoms with Crippen LogP contribution in [0.1, 0.15) is 22.1 Å². The van der Waals surface area contributed by atoms with Gasteiger partial charge < -0.3 is 10.0 Å². The van der Waals surface area contributed by atoms with E-state index in [0.29, 0.717) is 11.1 Å². The number of aliphatic hydroxyl groups excluding tert-OH is 1. The summed E-state index contributed by atoms with van der Waals surface area (Å²) in [5.41, 5.74) is 1.30. The summed E-state index contributed by atoms with van der Waals surface area (Å²) in [6.45, 7) is 0. The van der Waals surface area contributed by atoms with Crippen LogP contribution >= 0.6 is 0 Å². The number of nitrogens with zero attached hydrogens (tertiary/aromatic N) is 1. The first-order valence-electron chi connectivity index (χ1n) is 3.76. The van der Waals surface area contributed by atoms with Crippen LogP contribution in [0.2, 0.25) is 0 Å². The van der Waals surface area contributed by atoms with Crippen molar-refractivity contribution >= 4 is 5.91 Å². The Hall–Kier alpha value is -1.35. The summed E-state index contributed by atoms with van der Waals surface area (Å²) in [6, 6.07) is 7.10. The maximum atomic E-state index is 11.4. The highest BCUT2D eigenvalue weighted by atomic mass is 16.3. The van der Waals surface area contributed by atoms with Gasteiger partial charge in [0.1, 0.15) is 0 Å². The second kappa shape index (κ2) is 2.32. The van der Waals surface area contributed by atoms with Crippen molar-refractivity contribution in [1.82, 2.24) is 4.90 Å². The Morgan fingerprint density at radius 3 is 2.75 bits per heavy atom. The molecular formula is C9H9NO2. The molecule has 62 valence electrons. The maximum absolute atomic E-state index is 11.4. The molecule has 1 aliphatic heterocycles. The van der Waals surface area contributed by atoms with Crippen LogP contribution < -0.4 is 0 Å². The van der Waals surface area contributed by atoms with Gasteiger partial charge in [0.05, 0.1) is 0 Å². The van der Waals surface area contributed by atoms with Crippen molar-refractivity contribution in [2.24, 2.45) is 0 Å². The summed E-state index contributed by atoms with van der Waals surface area (Å²) in [4.78, 5) is 12.7. The van der Waals surface area contributed by atoms with Crippen LogP contribution in [0.25, 0.3) is 0 Å². The molecule has 1 atom stereocenters. The summed E-state index contributed by atoms with van der Waals surface area (Å²) >= 11 is 0. The lowest BCUT2D eigenvalue weighted by molar-refractivity contribution is 0.0302. The molecule has 3 nitrogen and oxygen atoms in total. The van der Waals surface area contributed by atoms with E-state index in [0.717, 1.165) is 0 Å². The lowest BCUT2D eigenvalue weighted by Gasteiger charge is -2.13. The molecule has 0 saturated heterocycles. The SMILES string of the molecule is CN1C(=O)c2ccccc2[C@H]1O. The van der Waals surface area contributed by atoms with E-state index in [9.17, 15) is 9.90 Å². The fourth-order valence-electron chi connectivity index (χ4n) is 1.43.